The number of aromatic nitrogens is 2. The van der Waals surface area contributed by atoms with Gasteiger partial charge in [0.15, 0.2) is 11.6 Å². The van der Waals surface area contributed by atoms with E-state index >= 15 is 0 Å². The number of halogens is 2. The maximum absolute atomic E-state index is 13.7. The minimum absolute atomic E-state index is 0.0413. The van der Waals surface area contributed by atoms with Crippen molar-refractivity contribution in [2.75, 3.05) is 0 Å². The first-order valence-corrected chi connectivity index (χ1v) is 5.53. The van der Waals surface area contributed by atoms with E-state index in [1.165, 1.54) is 23.2 Å². The molecule has 17 heavy (non-hydrogen) atoms. The highest BCUT2D eigenvalue weighted by atomic mass is 35.5. The van der Waals surface area contributed by atoms with E-state index in [1.54, 1.807) is 19.1 Å². The van der Waals surface area contributed by atoms with Crippen molar-refractivity contribution < 1.29 is 9.18 Å². The lowest BCUT2D eigenvalue weighted by Gasteiger charge is -2.04. The molecule has 0 aliphatic rings. The van der Waals surface area contributed by atoms with Gasteiger partial charge in [0.25, 0.3) is 0 Å². The number of rotatable bonds is 3. The van der Waals surface area contributed by atoms with Gasteiger partial charge in [-0.3, -0.25) is 4.79 Å². The first-order chi connectivity index (χ1) is 8.13. The van der Waals surface area contributed by atoms with Gasteiger partial charge >= 0.3 is 0 Å². The Kier molecular flexibility index (Phi) is 3.24. The molecule has 0 saturated heterocycles. The Morgan fingerprint density at radius 2 is 2.29 bits per heavy atom. The van der Waals surface area contributed by atoms with Crippen LogP contribution in [0.2, 0.25) is 5.02 Å². The second-order valence-electron chi connectivity index (χ2n) is 3.52. The highest BCUT2D eigenvalue weighted by molar-refractivity contribution is 6.30. The highest BCUT2D eigenvalue weighted by Crippen LogP contribution is 2.21. The van der Waals surface area contributed by atoms with Crippen LogP contribution in [0, 0.1) is 5.82 Å². The molecule has 0 amide bonds. The van der Waals surface area contributed by atoms with Gasteiger partial charge in [-0.2, -0.15) is 0 Å². The summed E-state index contributed by atoms with van der Waals surface area (Å²) in [5.41, 5.74) is 0.604. The third kappa shape index (κ3) is 2.22. The fourth-order valence-corrected chi connectivity index (χ4v) is 1.64. The van der Waals surface area contributed by atoms with Crippen molar-refractivity contribution in [3.8, 4) is 5.69 Å². The van der Waals surface area contributed by atoms with Crippen molar-refractivity contribution in [1.82, 2.24) is 9.55 Å². The van der Waals surface area contributed by atoms with Crippen molar-refractivity contribution in [2.45, 2.75) is 13.3 Å². The predicted octanol–water partition coefficient (Wildman–Crippen LogP) is 3.26. The SMILES string of the molecule is CCC(=O)c1cn(-c2cccc(Cl)c2F)cn1. The quantitative estimate of drug-likeness (QED) is 0.786. The number of carbonyl (C=O) groups excluding carboxylic acids is 1. The first kappa shape index (κ1) is 11.8. The average Bonchev–Trinajstić information content (AvgIpc) is 2.81. The van der Waals surface area contributed by atoms with E-state index in [1.807, 2.05) is 0 Å². The molecule has 2 rings (SSSR count). The summed E-state index contributed by atoms with van der Waals surface area (Å²) in [6.07, 6.45) is 3.27. The summed E-state index contributed by atoms with van der Waals surface area (Å²) in [6, 6.07) is 4.68. The highest BCUT2D eigenvalue weighted by Gasteiger charge is 2.11. The van der Waals surface area contributed by atoms with E-state index in [-0.39, 0.29) is 16.5 Å². The Morgan fingerprint density at radius 3 is 3.00 bits per heavy atom. The third-order valence-corrected chi connectivity index (χ3v) is 2.69. The summed E-state index contributed by atoms with van der Waals surface area (Å²) < 4.78 is 15.2. The zero-order chi connectivity index (χ0) is 12.4. The second kappa shape index (κ2) is 4.67. The van der Waals surface area contributed by atoms with Crippen LogP contribution in [0.15, 0.2) is 30.7 Å². The van der Waals surface area contributed by atoms with E-state index in [0.29, 0.717) is 12.1 Å². The smallest absolute Gasteiger partial charge is 0.182 e. The molecule has 2 aromatic rings. The number of imidazole rings is 1. The van der Waals surface area contributed by atoms with Crippen LogP contribution in [-0.4, -0.2) is 15.3 Å². The van der Waals surface area contributed by atoms with Crippen LogP contribution < -0.4 is 0 Å². The number of benzene rings is 1. The summed E-state index contributed by atoms with van der Waals surface area (Å²) >= 11 is 5.68. The first-order valence-electron chi connectivity index (χ1n) is 5.15. The molecule has 0 N–H and O–H groups in total. The second-order valence-corrected chi connectivity index (χ2v) is 3.92. The van der Waals surface area contributed by atoms with Gasteiger partial charge in [0.2, 0.25) is 0 Å². The Labute approximate surface area is 103 Å². The molecule has 0 bridgehead atoms. The lowest BCUT2D eigenvalue weighted by atomic mass is 10.2. The monoisotopic (exact) mass is 252 g/mol. The standard InChI is InChI=1S/C12H10ClFN2O/c1-2-11(17)9-6-16(7-15-9)10-5-3-4-8(13)12(10)14/h3-7H,2H2,1H3. The Bertz CT molecular complexity index is 565. The third-order valence-electron chi connectivity index (χ3n) is 2.40. The molecule has 88 valence electrons. The lowest BCUT2D eigenvalue weighted by molar-refractivity contribution is 0.0984. The fourth-order valence-electron chi connectivity index (χ4n) is 1.47. The largest absolute Gasteiger partial charge is 0.303 e. The summed E-state index contributed by atoms with van der Waals surface area (Å²) in [4.78, 5) is 15.4. The van der Waals surface area contributed by atoms with E-state index in [9.17, 15) is 9.18 Å². The summed E-state index contributed by atoms with van der Waals surface area (Å²) in [5, 5.41) is 0.0413. The van der Waals surface area contributed by atoms with Crippen molar-refractivity contribution in [2.24, 2.45) is 0 Å². The van der Waals surface area contributed by atoms with E-state index in [0.717, 1.165) is 0 Å². The van der Waals surface area contributed by atoms with Gasteiger partial charge in [-0.15, -0.1) is 0 Å². The normalized spacial score (nSPS) is 10.5. The van der Waals surface area contributed by atoms with Crippen LogP contribution in [-0.2, 0) is 0 Å². The molecule has 1 heterocycles. The van der Waals surface area contributed by atoms with Gasteiger partial charge in [-0.25, -0.2) is 9.37 Å². The number of carbonyl (C=O) groups is 1. The lowest BCUT2D eigenvalue weighted by Crippen LogP contribution is -1.97. The van der Waals surface area contributed by atoms with Crippen molar-refractivity contribution >= 4 is 17.4 Å². The zero-order valence-electron chi connectivity index (χ0n) is 9.15. The number of nitrogens with zero attached hydrogens (tertiary/aromatic N) is 2. The molecule has 0 aliphatic carbocycles. The van der Waals surface area contributed by atoms with Crippen LogP contribution in [0.3, 0.4) is 0 Å². The van der Waals surface area contributed by atoms with E-state index in [2.05, 4.69) is 4.98 Å². The van der Waals surface area contributed by atoms with Gasteiger partial charge in [0.05, 0.1) is 10.7 Å². The summed E-state index contributed by atoms with van der Waals surface area (Å²) in [7, 11) is 0. The van der Waals surface area contributed by atoms with Crippen LogP contribution in [0.4, 0.5) is 4.39 Å². The van der Waals surface area contributed by atoms with Crippen LogP contribution >= 0.6 is 11.6 Å². The van der Waals surface area contributed by atoms with Crippen molar-refractivity contribution in [3.63, 3.8) is 0 Å². The maximum Gasteiger partial charge on any atom is 0.182 e. The maximum atomic E-state index is 13.7. The molecule has 0 atom stereocenters. The van der Waals surface area contributed by atoms with Gasteiger partial charge in [-0.1, -0.05) is 24.6 Å². The molecule has 0 fully saturated rings. The number of Topliss-reactive ketones (excluding diaryl/α,β-unsaturated/α-hetero) is 1. The minimum atomic E-state index is -0.526. The molecule has 0 saturated carbocycles. The van der Waals surface area contributed by atoms with Crippen LogP contribution in [0.5, 0.6) is 0 Å². The fraction of sp³-hybridized carbons (Fsp3) is 0.167. The predicted molar refractivity (Wildman–Crippen MR) is 63.2 cm³/mol. The van der Waals surface area contributed by atoms with Crippen LogP contribution in [0.25, 0.3) is 5.69 Å². The molecular formula is C12H10ClFN2O. The summed E-state index contributed by atoms with van der Waals surface area (Å²) in [6.45, 7) is 1.75. The molecule has 3 nitrogen and oxygen atoms in total. The van der Waals surface area contributed by atoms with Crippen molar-refractivity contribution in [1.29, 1.82) is 0 Å². The van der Waals surface area contributed by atoms with Gasteiger partial charge in [0, 0.05) is 12.6 Å². The average molecular weight is 253 g/mol. The molecule has 0 aliphatic heterocycles. The molecule has 1 aromatic heterocycles. The van der Waals surface area contributed by atoms with Crippen LogP contribution in [0.1, 0.15) is 23.8 Å². The Morgan fingerprint density at radius 1 is 1.53 bits per heavy atom. The molecule has 0 radical (unpaired) electrons. The van der Waals surface area contributed by atoms with E-state index in [4.69, 9.17) is 11.6 Å². The minimum Gasteiger partial charge on any atom is -0.303 e. The molecule has 0 unspecified atom stereocenters. The molecular weight excluding hydrogens is 243 g/mol. The van der Waals surface area contributed by atoms with Gasteiger partial charge in [0.1, 0.15) is 12.0 Å². The molecule has 0 spiro atoms. The number of hydrogen-bond acceptors (Lipinski definition) is 2. The molecule has 1 aromatic carbocycles. The van der Waals surface area contributed by atoms with E-state index < -0.39 is 5.82 Å². The van der Waals surface area contributed by atoms with Gasteiger partial charge in [-0.05, 0) is 12.1 Å². The number of ketones is 1. The van der Waals surface area contributed by atoms with Gasteiger partial charge < -0.3 is 4.57 Å². The topological polar surface area (TPSA) is 34.9 Å². The Hall–Kier alpha value is -1.68. The Balaban J connectivity index is 2.44. The van der Waals surface area contributed by atoms with Crippen molar-refractivity contribution in [3.05, 3.63) is 47.3 Å². The summed E-state index contributed by atoms with van der Waals surface area (Å²) in [5.74, 6) is -0.603. The number of hydrogen-bond donors (Lipinski definition) is 0. The zero-order valence-corrected chi connectivity index (χ0v) is 9.91. The molecule has 5 heteroatoms.